The van der Waals surface area contributed by atoms with Gasteiger partial charge >= 0.3 is 0 Å². The van der Waals surface area contributed by atoms with Gasteiger partial charge in [0.05, 0.1) is 19.8 Å². The molecule has 0 amide bonds. The zero-order chi connectivity index (χ0) is 30.3. The molecule has 14 nitrogen and oxygen atoms in total. The van der Waals surface area contributed by atoms with Crippen LogP contribution in [0.1, 0.15) is 6.92 Å². The van der Waals surface area contributed by atoms with E-state index in [4.69, 9.17) is 28.1 Å². The van der Waals surface area contributed by atoms with E-state index in [-0.39, 0.29) is 22.5 Å². The lowest BCUT2D eigenvalue weighted by molar-refractivity contribution is -0.318. The monoisotopic (exact) mass is 592 g/mol. The van der Waals surface area contributed by atoms with Crippen LogP contribution in [0.4, 0.5) is 0 Å². The fourth-order valence-corrected chi connectivity index (χ4v) is 4.84. The lowest BCUT2D eigenvalue weighted by atomic mass is 9.98. The van der Waals surface area contributed by atoms with Gasteiger partial charge in [-0.25, -0.2) is 0 Å². The van der Waals surface area contributed by atoms with E-state index in [1.165, 1.54) is 26.2 Å². The summed E-state index contributed by atoms with van der Waals surface area (Å²) in [5.41, 5.74) is 0.0115. The third kappa shape index (κ3) is 5.81. The smallest absolute Gasteiger partial charge is 0.229 e. The predicted molar refractivity (Wildman–Crippen MR) is 142 cm³/mol. The highest BCUT2D eigenvalue weighted by Gasteiger charge is 2.47. The van der Waals surface area contributed by atoms with Crippen LogP contribution in [-0.2, 0) is 14.2 Å². The van der Waals surface area contributed by atoms with Crippen LogP contribution in [0, 0.1) is 0 Å². The molecule has 228 valence electrons. The quantitative estimate of drug-likeness (QED) is 0.179. The van der Waals surface area contributed by atoms with E-state index in [0.29, 0.717) is 11.3 Å². The summed E-state index contributed by atoms with van der Waals surface area (Å²) in [6.45, 7) is 0.984. The molecule has 0 radical (unpaired) electrons. The van der Waals surface area contributed by atoms with Crippen LogP contribution < -0.4 is 14.9 Å². The van der Waals surface area contributed by atoms with E-state index in [2.05, 4.69) is 0 Å². The molecule has 0 aliphatic carbocycles. The Balaban J connectivity index is 1.35. The van der Waals surface area contributed by atoms with Gasteiger partial charge in [0.2, 0.25) is 6.29 Å². The lowest BCUT2D eigenvalue weighted by Gasteiger charge is -2.42. The molecule has 2 aliphatic heterocycles. The van der Waals surface area contributed by atoms with Gasteiger partial charge in [0.15, 0.2) is 11.7 Å². The van der Waals surface area contributed by atoms with E-state index in [9.17, 15) is 40.5 Å². The number of phenolic OH excluding ortho intramolecular Hbond substituents is 1. The Morgan fingerprint density at radius 3 is 2.14 bits per heavy atom. The molecule has 2 aliphatic rings. The van der Waals surface area contributed by atoms with Crippen LogP contribution >= 0.6 is 0 Å². The third-order valence-electron chi connectivity index (χ3n) is 7.31. The van der Waals surface area contributed by atoms with E-state index in [0.717, 1.165) is 6.07 Å². The van der Waals surface area contributed by atoms with Gasteiger partial charge < -0.3 is 63.8 Å². The van der Waals surface area contributed by atoms with Gasteiger partial charge in [-0.2, -0.15) is 0 Å². The zero-order valence-electron chi connectivity index (χ0n) is 22.5. The second-order valence-electron chi connectivity index (χ2n) is 10.2. The average molecular weight is 593 g/mol. The van der Waals surface area contributed by atoms with E-state index < -0.39 is 79.2 Å². The lowest BCUT2D eigenvalue weighted by Crippen LogP contribution is -2.61. The van der Waals surface area contributed by atoms with Crippen molar-refractivity contribution in [2.45, 2.75) is 68.3 Å². The second-order valence-corrected chi connectivity index (χ2v) is 10.2. The largest absolute Gasteiger partial charge is 0.507 e. The molecule has 10 atom stereocenters. The number of methoxy groups -OCH3 is 1. The molecule has 3 aromatic rings. The first-order valence-corrected chi connectivity index (χ1v) is 13.1. The van der Waals surface area contributed by atoms with Crippen molar-refractivity contribution >= 4 is 11.0 Å². The Morgan fingerprint density at radius 2 is 1.45 bits per heavy atom. The first-order chi connectivity index (χ1) is 20.0. The number of aromatic hydroxyl groups is 1. The highest BCUT2D eigenvalue weighted by atomic mass is 16.7. The Morgan fingerprint density at radius 1 is 0.786 bits per heavy atom. The molecule has 14 heteroatoms. The Bertz CT molecular complexity index is 1440. The first-order valence-electron chi connectivity index (χ1n) is 13.1. The number of benzene rings is 2. The van der Waals surface area contributed by atoms with Crippen molar-refractivity contribution in [1.82, 2.24) is 0 Å². The maximum Gasteiger partial charge on any atom is 0.229 e. The Kier molecular flexibility index (Phi) is 8.71. The minimum atomic E-state index is -1.76. The van der Waals surface area contributed by atoms with Crippen LogP contribution in [-0.4, -0.2) is 111 Å². The van der Waals surface area contributed by atoms with E-state index in [1.807, 2.05) is 0 Å². The molecule has 7 N–H and O–H groups in total. The number of phenols is 1. The highest BCUT2D eigenvalue weighted by molar-refractivity contribution is 5.86. The summed E-state index contributed by atoms with van der Waals surface area (Å²) in [6, 6.07) is 10.4. The van der Waals surface area contributed by atoms with Crippen LogP contribution in [0.25, 0.3) is 22.3 Å². The van der Waals surface area contributed by atoms with E-state index in [1.54, 1.807) is 24.3 Å². The average Bonchev–Trinajstić information content (AvgIpc) is 2.97. The standard InChI is InChI=1S/C28H32O14/c1-11-21(31)23(33)25(35)27(39-11)38-10-19-22(32)24(34)26(36)28(42-19)40-14-7-15(29)20-16(30)9-17(41-18(20)8-14)12-3-5-13(37-2)6-4-12/h3-9,11,19,21-29,31-36H,10H2,1-2H3/t11-,19+,21-,22-,23+,24-,25+,26+,27+,28+/m0/s1. The van der Waals surface area contributed by atoms with Crippen LogP contribution in [0.5, 0.6) is 17.2 Å². The normalized spacial score (nSPS) is 33.4. The minimum Gasteiger partial charge on any atom is -0.507 e. The molecule has 0 spiro atoms. The summed E-state index contributed by atoms with van der Waals surface area (Å²) in [4.78, 5) is 12.8. The third-order valence-corrected chi connectivity index (χ3v) is 7.31. The van der Waals surface area contributed by atoms with Gasteiger partial charge in [0.25, 0.3) is 0 Å². The summed E-state index contributed by atoms with van der Waals surface area (Å²) in [6.07, 6.45) is -14.8. The van der Waals surface area contributed by atoms with Crippen molar-refractivity contribution < 1.29 is 63.8 Å². The molecule has 0 unspecified atom stereocenters. The highest BCUT2D eigenvalue weighted by Crippen LogP contribution is 2.34. The molecule has 42 heavy (non-hydrogen) atoms. The zero-order valence-corrected chi connectivity index (χ0v) is 22.5. The van der Waals surface area contributed by atoms with Crippen molar-refractivity contribution in [3.63, 3.8) is 0 Å². The van der Waals surface area contributed by atoms with Crippen molar-refractivity contribution in [1.29, 1.82) is 0 Å². The molecular formula is C28H32O14. The summed E-state index contributed by atoms with van der Waals surface area (Å²) < 4.78 is 33.2. The number of hydrogen-bond donors (Lipinski definition) is 7. The fraction of sp³-hybridized carbons (Fsp3) is 0.464. The van der Waals surface area contributed by atoms with Crippen LogP contribution in [0.2, 0.25) is 0 Å². The minimum absolute atomic E-state index is 0.0348. The van der Waals surface area contributed by atoms with E-state index >= 15 is 0 Å². The van der Waals surface area contributed by atoms with Crippen molar-refractivity contribution in [3.8, 4) is 28.6 Å². The van der Waals surface area contributed by atoms with Crippen molar-refractivity contribution in [2.24, 2.45) is 0 Å². The Hall–Kier alpha value is -3.31. The molecule has 5 rings (SSSR count). The van der Waals surface area contributed by atoms with Gasteiger partial charge in [-0.1, -0.05) is 0 Å². The van der Waals surface area contributed by atoms with Gasteiger partial charge in [-0.05, 0) is 31.2 Å². The molecule has 2 aromatic carbocycles. The number of rotatable bonds is 7. The number of aliphatic hydroxyl groups is 6. The number of aliphatic hydroxyl groups excluding tert-OH is 6. The molecule has 3 heterocycles. The molecule has 0 bridgehead atoms. The van der Waals surface area contributed by atoms with Crippen molar-refractivity contribution in [3.05, 3.63) is 52.7 Å². The maximum atomic E-state index is 12.8. The summed E-state index contributed by atoms with van der Waals surface area (Å²) >= 11 is 0. The van der Waals surface area contributed by atoms with Crippen LogP contribution in [0.3, 0.4) is 0 Å². The summed E-state index contributed by atoms with van der Waals surface area (Å²) in [5.74, 6) is 0.238. The fourth-order valence-electron chi connectivity index (χ4n) is 4.84. The summed E-state index contributed by atoms with van der Waals surface area (Å²) in [7, 11) is 1.52. The molecule has 2 saturated heterocycles. The maximum absolute atomic E-state index is 12.8. The number of hydrogen-bond acceptors (Lipinski definition) is 14. The summed E-state index contributed by atoms with van der Waals surface area (Å²) in [5, 5.41) is 71.9. The molecule has 2 fully saturated rings. The Labute approximate surface area is 238 Å². The van der Waals surface area contributed by atoms with Gasteiger partial charge in [0.1, 0.15) is 76.7 Å². The molecule has 0 saturated carbocycles. The first kappa shape index (κ1) is 30.2. The van der Waals surface area contributed by atoms with Gasteiger partial charge in [0, 0.05) is 23.8 Å². The number of fused-ring (bicyclic) bond motifs is 1. The topological polar surface area (TPSA) is 218 Å². The van der Waals surface area contributed by atoms with Gasteiger partial charge in [-0.3, -0.25) is 4.79 Å². The van der Waals surface area contributed by atoms with Crippen LogP contribution in [0.15, 0.2) is 51.7 Å². The molecule has 1 aromatic heterocycles. The second kappa shape index (κ2) is 12.1. The SMILES string of the molecule is COc1ccc(-c2cc(=O)c3c(O)cc(O[C@@H]4O[C@H](CO[C@@H]5O[C@@H](C)[C@H](O)[C@@H](O)[C@H]5O)[C@H](O)[C@H](O)[C@H]4O)cc3o2)cc1. The number of ether oxygens (including phenoxy) is 5. The predicted octanol–water partition coefficient (Wildman–Crippen LogP) is -0.795. The van der Waals surface area contributed by atoms with Crippen molar-refractivity contribution in [2.75, 3.05) is 13.7 Å². The van der Waals surface area contributed by atoms with Gasteiger partial charge in [-0.15, -0.1) is 0 Å². The molecular weight excluding hydrogens is 560 g/mol.